The highest BCUT2D eigenvalue weighted by Crippen LogP contribution is 2.28. The second kappa shape index (κ2) is 6.36. The molecule has 0 aliphatic rings. The monoisotopic (exact) mass is 325 g/mol. The van der Waals surface area contributed by atoms with Crippen molar-refractivity contribution in [3.63, 3.8) is 0 Å². The van der Waals surface area contributed by atoms with Crippen molar-refractivity contribution in [3.05, 3.63) is 63.9 Å². The van der Waals surface area contributed by atoms with Gasteiger partial charge in [0.15, 0.2) is 0 Å². The number of halogens is 2. The molecule has 2 rings (SSSR count). The molecular weight excluding hydrogens is 313 g/mol. The highest BCUT2D eigenvalue weighted by Gasteiger charge is 2.05. The maximum absolute atomic E-state index is 13.4. The zero-order chi connectivity index (χ0) is 13.0. The van der Waals surface area contributed by atoms with Gasteiger partial charge in [-0.3, -0.25) is 0 Å². The summed E-state index contributed by atoms with van der Waals surface area (Å²) in [6.07, 6.45) is 0. The average molecular weight is 326 g/mol. The molecule has 2 aromatic rings. The standard InChI is InChI=1S/C14H13BrFNS/c15-14-11(4-2-6-13(14)16)9-18-12-5-1-3-10(7-12)8-17/h1-7H,8-9,17H2. The van der Waals surface area contributed by atoms with Crippen LogP contribution in [0.3, 0.4) is 0 Å². The molecule has 0 unspecified atom stereocenters. The number of benzene rings is 2. The van der Waals surface area contributed by atoms with Gasteiger partial charge in [-0.25, -0.2) is 4.39 Å². The van der Waals surface area contributed by atoms with E-state index in [0.29, 0.717) is 11.0 Å². The molecule has 1 nitrogen and oxygen atoms in total. The fourth-order valence-electron chi connectivity index (χ4n) is 1.58. The summed E-state index contributed by atoms with van der Waals surface area (Å²) < 4.78 is 13.9. The SMILES string of the molecule is NCc1cccc(SCc2cccc(F)c2Br)c1. The highest BCUT2D eigenvalue weighted by atomic mass is 79.9. The molecule has 0 spiro atoms. The van der Waals surface area contributed by atoms with Crippen molar-refractivity contribution in [1.29, 1.82) is 0 Å². The predicted molar refractivity (Wildman–Crippen MR) is 78.0 cm³/mol. The summed E-state index contributed by atoms with van der Waals surface area (Å²) in [6.45, 7) is 0.540. The highest BCUT2D eigenvalue weighted by molar-refractivity contribution is 9.10. The van der Waals surface area contributed by atoms with Gasteiger partial charge >= 0.3 is 0 Å². The molecule has 4 heteroatoms. The Morgan fingerprint density at radius 1 is 1.17 bits per heavy atom. The number of hydrogen-bond donors (Lipinski definition) is 1. The van der Waals surface area contributed by atoms with Crippen LogP contribution in [-0.4, -0.2) is 0 Å². The van der Waals surface area contributed by atoms with E-state index < -0.39 is 0 Å². The third-order valence-electron chi connectivity index (χ3n) is 2.56. The number of nitrogens with two attached hydrogens (primary N) is 1. The molecule has 0 aliphatic heterocycles. The van der Waals surface area contributed by atoms with Gasteiger partial charge in [0.25, 0.3) is 0 Å². The van der Waals surface area contributed by atoms with Gasteiger partial charge in [-0.2, -0.15) is 0 Å². The number of thioether (sulfide) groups is 1. The summed E-state index contributed by atoms with van der Waals surface area (Å²) in [5.41, 5.74) is 7.67. The van der Waals surface area contributed by atoms with E-state index in [1.807, 2.05) is 24.3 Å². The van der Waals surface area contributed by atoms with Crippen molar-refractivity contribution in [2.75, 3.05) is 0 Å². The van der Waals surface area contributed by atoms with E-state index in [9.17, 15) is 4.39 Å². The second-order valence-electron chi connectivity index (χ2n) is 3.85. The van der Waals surface area contributed by atoms with Crippen LogP contribution in [0.5, 0.6) is 0 Å². The minimum atomic E-state index is -0.219. The van der Waals surface area contributed by atoms with Crippen LogP contribution in [0.25, 0.3) is 0 Å². The second-order valence-corrected chi connectivity index (χ2v) is 5.69. The van der Waals surface area contributed by atoms with Crippen molar-refractivity contribution < 1.29 is 4.39 Å². The van der Waals surface area contributed by atoms with E-state index in [0.717, 1.165) is 21.8 Å². The molecule has 0 radical (unpaired) electrons. The van der Waals surface area contributed by atoms with Crippen LogP contribution in [0, 0.1) is 5.82 Å². The van der Waals surface area contributed by atoms with Crippen LogP contribution >= 0.6 is 27.7 Å². The van der Waals surface area contributed by atoms with Crippen molar-refractivity contribution in [2.45, 2.75) is 17.2 Å². The molecule has 0 fully saturated rings. The molecule has 18 heavy (non-hydrogen) atoms. The van der Waals surface area contributed by atoms with Crippen LogP contribution < -0.4 is 5.73 Å². The van der Waals surface area contributed by atoms with E-state index in [-0.39, 0.29) is 5.82 Å². The van der Waals surface area contributed by atoms with Gasteiger partial charge in [0.2, 0.25) is 0 Å². The van der Waals surface area contributed by atoms with Gasteiger partial charge in [0.1, 0.15) is 5.82 Å². The molecule has 0 amide bonds. The minimum Gasteiger partial charge on any atom is -0.326 e. The summed E-state index contributed by atoms with van der Waals surface area (Å²) >= 11 is 4.95. The Balaban J connectivity index is 2.09. The first-order chi connectivity index (χ1) is 8.70. The van der Waals surface area contributed by atoms with Crippen LogP contribution in [0.1, 0.15) is 11.1 Å². The maximum Gasteiger partial charge on any atom is 0.137 e. The van der Waals surface area contributed by atoms with Gasteiger partial charge in [-0.05, 0) is 45.3 Å². The Morgan fingerprint density at radius 2 is 1.94 bits per heavy atom. The van der Waals surface area contributed by atoms with E-state index in [4.69, 9.17) is 5.73 Å². The molecule has 94 valence electrons. The zero-order valence-electron chi connectivity index (χ0n) is 9.70. The lowest BCUT2D eigenvalue weighted by Crippen LogP contribution is -1.95. The number of hydrogen-bond acceptors (Lipinski definition) is 2. The van der Waals surface area contributed by atoms with Gasteiger partial charge in [0, 0.05) is 17.2 Å². The summed E-state index contributed by atoms with van der Waals surface area (Å²) in [7, 11) is 0. The normalized spacial score (nSPS) is 10.6. The minimum absolute atomic E-state index is 0.219. The van der Waals surface area contributed by atoms with E-state index in [2.05, 4.69) is 22.0 Å². The maximum atomic E-state index is 13.4. The molecule has 0 heterocycles. The first-order valence-electron chi connectivity index (χ1n) is 5.55. The zero-order valence-corrected chi connectivity index (χ0v) is 12.1. The van der Waals surface area contributed by atoms with Gasteiger partial charge < -0.3 is 5.73 Å². The number of rotatable bonds is 4. The third-order valence-corrected chi connectivity index (χ3v) is 4.49. The lowest BCUT2D eigenvalue weighted by molar-refractivity contribution is 0.619. The Kier molecular flexibility index (Phi) is 4.80. The molecule has 2 N–H and O–H groups in total. The molecule has 0 aromatic heterocycles. The average Bonchev–Trinajstić information content (AvgIpc) is 2.41. The van der Waals surface area contributed by atoms with Crippen LogP contribution in [0.15, 0.2) is 51.8 Å². The predicted octanol–water partition coefficient (Wildman–Crippen LogP) is 4.34. The van der Waals surface area contributed by atoms with Crippen LogP contribution in [0.2, 0.25) is 0 Å². The summed E-state index contributed by atoms with van der Waals surface area (Å²) in [4.78, 5) is 1.15. The van der Waals surface area contributed by atoms with Gasteiger partial charge in [-0.15, -0.1) is 11.8 Å². The largest absolute Gasteiger partial charge is 0.326 e. The van der Waals surface area contributed by atoms with Crippen molar-refractivity contribution in [2.24, 2.45) is 5.73 Å². The molecule has 0 aliphatic carbocycles. The lowest BCUT2D eigenvalue weighted by atomic mass is 10.2. The molecule has 0 saturated carbocycles. The Morgan fingerprint density at radius 3 is 2.72 bits per heavy atom. The Labute approximate surface area is 119 Å². The molecule has 0 bridgehead atoms. The van der Waals surface area contributed by atoms with E-state index in [1.54, 1.807) is 17.8 Å². The van der Waals surface area contributed by atoms with Gasteiger partial charge in [0.05, 0.1) is 4.47 Å². The topological polar surface area (TPSA) is 26.0 Å². The fraction of sp³-hybridized carbons (Fsp3) is 0.143. The Bertz CT molecular complexity index is 545. The molecule has 0 saturated heterocycles. The van der Waals surface area contributed by atoms with Crippen molar-refractivity contribution >= 4 is 27.7 Å². The van der Waals surface area contributed by atoms with Crippen molar-refractivity contribution in [3.8, 4) is 0 Å². The lowest BCUT2D eigenvalue weighted by Gasteiger charge is -2.06. The summed E-state index contributed by atoms with van der Waals surface area (Å²) in [5.74, 6) is 0.510. The first-order valence-corrected chi connectivity index (χ1v) is 7.33. The van der Waals surface area contributed by atoms with Crippen LogP contribution in [-0.2, 0) is 12.3 Å². The molecular formula is C14H13BrFNS. The molecule has 2 aromatic carbocycles. The quantitative estimate of drug-likeness (QED) is 0.846. The first kappa shape index (κ1) is 13.6. The fourth-order valence-corrected chi connectivity index (χ4v) is 3.15. The summed E-state index contributed by atoms with van der Waals surface area (Å²) in [5, 5.41) is 0. The molecule has 0 atom stereocenters. The van der Waals surface area contributed by atoms with Gasteiger partial charge in [-0.1, -0.05) is 24.3 Å². The van der Waals surface area contributed by atoms with Crippen molar-refractivity contribution in [1.82, 2.24) is 0 Å². The van der Waals surface area contributed by atoms with E-state index in [1.165, 1.54) is 6.07 Å². The Hall–Kier alpha value is -0.840. The third kappa shape index (κ3) is 3.34. The van der Waals surface area contributed by atoms with E-state index >= 15 is 0 Å². The van der Waals surface area contributed by atoms with Crippen LogP contribution in [0.4, 0.5) is 4.39 Å². The summed E-state index contributed by atoms with van der Waals surface area (Å²) in [6, 6.07) is 13.2. The smallest absolute Gasteiger partial charge is 0.137 e.